The first-order valence-electron chi connectivity index (χ1n) is 10.3. The second kappa shape index (κ2) is 8.55. The molecule has 6 heteroatoms. The van der Waals surface area contributed by atoms with Gasteiger partial charge in [-0.2, -0.15) is 0 Å². The Bertz CT molecular complexity index is 853. The molecule has 2 fully saturated rings. The molecular formula is C23H26Cl2N2O2. The van der Waals surface area contributed by atoms with Gasteiger partial charge in [0.2, 0.25) is 0 Å². The van der Waals surface area contributed by atoms with E-state index in [4.69, 9.17) is 23.2 Å². The van der Waals surface area contributed by atoms with Gasteiger partial charge < -0.3 is 10.4 Å². The third kappa shape index (κ3) is 3.98. The normalized spacial score (nSPS) is 19.9. The Morgan fingerprint density at radius 3 is 2.31 bits per heavy atom. The largest absolute Gasteiger partial charge is 0.507 e. The summed E-state index contributed by atoms with van der Waals surface area (Å²) in [5.74, 6) is -0.572. The summed E-state index contributed by atoms with van der Waals surface area (Å²) in [6.45, 7) is 2.12. The number of aromatic hydroxyl groups is 1. The highest BCUT2D eigenvalue weighted by Crippen LogP contribution is 2.46. The van der Waals surface area contributed by atoms with Crippen LogP contribution in [0.3, 0.4) is 0 Å². The smallest absolute Gasteiger partial charge is 0.257 e. The summed E-state index contributed by atoms with van der Waals surface area (Å²) in [4.78, 5) is 15.8. The first-order chi connectivity index (χ1) is 14.0. The van der Waals surface area contributed by atoms with E-state index in [0.29, 0.717) is 5.02 Å². The first kappa shape index (κ1) is 20.5. The van der Waals surface area contributed by atoms with Crippen LogP contribution in [0.1, 0.15) is 60.5 Å². The number of carbonyl (C=O) groups excluding carboxylic acids is 1. The number of likely N-dealkylation sites (tertiary alicyclic amines) is 1. The molecule has 2 N–H and O–H groups in total. The fourth-order valence-corrected chi connectivity index (χ4v) is 5.67. The molecule has 1 aliphatic heterocycles. The van der Waals surface area contributed by atoms with Gasteiger partial charge in [-0.05, 0) is 56.5 Å². The van der Waals surface area contributed by atoms with E-state index in [-0.39, 0.29) is 33.8 Å². The van der Waals surface area contributed by atoms with Gasteiger partial charge in [0, 0.05) is 10.6 Å². The van der Waals surface area contributed by atoms with Crippen LogP contribution in [0.5, 0.6) is 5.75 Å². The van der Waals surface area contributed by atoms with Gasteiger partial charge in [-0.1, -0.05) is 66.4 Å². The zero-order valence-electron chi connectivity index (χ0n) is 16.3. The standard InChI is InChI=1S/C23H26Cl2N2O2/c24-17-14-18(25)20(19(28)15-17)22(29)26-21(16-8-2-1-3-9-16)23(10-4-5-11-23)27-12-6-7-13-27/h1-3,8-9,14-15,21,28H,4-7,10-13H2,(H,26,29). The Labute approximate surface area is 181 Å². The molecule has 0 aromatic heterocycles. The predicted octanol–water partition coefficient (Wildman–Crippen LogP) is 5.58. The Hall–Kier alpha value is -1.75. The highest BCUT2D eigenvalue weighted by Gasteiger charge is 2.48. The van der Waals surface area contributed by atoms with Crippen LogP contribution in [-0.2, 0) is 0 Å². The number of hydrogen-bond acceptors (Lipinski definition) is 3. The minimum Gasteiger partial charge on any atom is -0.507 e. The van der Waals surface area contributed by atoms with E-state index in [0.717, 1.165) is 44.3 Å². The van der Waals surface area contributed by atoms with Gasteiger partial charge in [-0.15, -0.1) is 0 Å². The van der Waals surface area contributed by atoms with E-state index >= 15 is 0 Å². The first-order valence-corrected chi connectivity index (χ1v) is 11.1. The molecular weight excluding hydrogens is 407 g/mol. The third-order valence-electron chi connectivity index (χ3n) is 6.41. The Balaban J connectivity index is 1.73. The number of phenols is 1. The summed E-state index contributed by atoms with van der Waals surface area (Å²) >= 11 is 12.2. The van der Waals surface area contributed by atoms with Gasteiger partial charge in [0.1, 0.15) is 5.75 Å². The molecule has 1 aliphatic carbocycles. The molecule has 4 rings (SSSR count). The van der Waals surface area contributed by atoms with Crippen LogP contribution in [-0.4, -0.2) is 34.5 Å². The van der Waals surface area contributed by atoms with Crippen LogP contribution in [0.15, 0.2) is 42.5 Å². The SMILES string of the molecule is O=C(NC(c1ccccc1)C1(N2CCCC2)CCCC1)c1c(O)cc(Cl)cc1Cl. The van der Waals surface area contributed by atoms with Crippen LogP contribution in [0.4, 0.5) is 0 Å². The molecule has 0 radical (unpaired) electrons. The molecule has 2 aromatic rings. The van der Waals surface area contributed by atoms with Gasteiger partial charge in [-0.3, -0.25) is 9.69 Å². The number of benzene rings is 2. The van der Waals surface area contributed by atoms with Crippen LogP contribution in [0, 0.1) is 0 Å². The van der Waals surface area contributed by atoms with Gasteiger partial charge in [0.25, 0.3) is 5.91 Å². The summed E-state index contributed by atoms with van der Waals surface area (Å²) in [6.07, 6.45) is 6.80. The predicted molar refractivity (Wildman–Crippen MR) is 117 cm³/mol. The monoisotopic (exact) mass is 432 g/mol. The molecule has 2 aromatic carbocycles. The van der Waals surface area contributed by atoms with Crippen molar-refractivity contribution in [1.29, 1.82) is 0 Å². The van der Waals surface area contributed by atoms with Crippen molar-refractivity contribution in [3.05, 3.63) is 63.6 Å². The maximum absolute atomic E-state index is 13.3. The number of phenolic OH excluding ortho intramolecular Hbond substituents is 1. The molecule has 154 valence electrons. The molecule has 4 nitrogen and oxygen atoms in total. The summed E-state index contributed by atoms with van der Waals surface area (Å²) in [7, 11) is 0. The van der Waals surface area contributed by atoms with E-state index in [1.54, 1.807) is 0 Å². The lowest BCUT2D eigenvalue weighted by molar-refractivity contribution is 0.0641. The number of rotatable bonds is 5. The molecule has 1 saturated carbocycles. The lowest BCUT2D eigenvalue weighted by Crippen LogP contribution is -2.55. The fourth-order valence-electron chi connectivity index (χ4n) is 5.10. The summed E-state index contributed by atoms with van der Waals surface area (Å²) < 4.78 is 0. The number of hydrogen-bond donors (Lipinski definition) is 2. The van der Waals surface area contributed by atoms with Crippen LogP contribution < -0.4 is 5.32 Å². The van der Waals surface area contributed by atoms with Crippen molar-refractivity contribution in [3.63, 3.8) is 0 Å². The lowest BCUT2D eigenvalue weighted by Gasteiger charge is -2.45. The van der Waals surface area contributed by atoms with Crippen molar-refractivity contribution < 1.29 is 9.90 Å². The summed E-state index contributed by atoms with van der Waals surface area (Å²) in [5, 5.41) is 14.0. The van der Waals surface area contributed by atoms with E-state index in [1.165, 1.54) is 25.0 Å². The van der Waals surface area contributed by atoms with E-state index < -0.39 is 0 Å². The van der Waals surface area contributed by atoms with Crippen molar-refractivity contribution in [2.75, 3.05) is 13.1 Å². The molecule has 29 heavy (non-hydrogen) atoms. The number of nitrogens with zero attached hydrogens (tertiary/aromatic N) is 1. The average Bonchev–Trinajstić information content (AvgIpc) is 3.38. The topological polar surface area (TPSA) is 52.6 Å². The van der Waals surface area contributed by atoms with E-state index in [9.17, 15) is 9.90 Å². The van der Waals surface area contributed by atoms with Crippen LogP contribution in [0.25, 0.3) is 0 Å². The zero-order chi connectivity index (χ0) is 20.4. The summed E-state index contributed by atoms with van der Waals surface area (Å²) in [5.41, 5.74) is 1.05. The maximum Gasteiger partial charge on any atom is 0.257 e. The van der Waals surface area contributed by atoms with Crippen molar-refractivity contribution in [2.45, 2.75) is 50.1 Å². The second-order valence-electron chi connectivity index (χ2n) is 8.10. The summed E-state index contributed by atoms with van der Waals surface area (Å²) in [6, 6.07) is 12.8. The number of halogens is 2. The quantitative estimate of drug-likeness (QED) is 0.648. The van der Waals surface area contributed by atoms with Gasteiger partial charge >= 0.3 is 0 Å². The average molecular weight is 433 g/mol. The highest BCUT2D eigenvalue weighted by atomic mass is 35.5. The molecule has 1 amide bonds. The number of nitrogens with one attached hydrogen (secondary N) is 1. The fraction of sp³-hybridized carbons (Fsp3) is 0.435. The zero-order valence-corrected chi connectivity index (χ0v) is 17.8. The van der Waals surface area contributed by atoms with Crippen molar-refractivity contribution in [1.82, 2.24) is 10.2 Å². The Morgan fingerprint density at radius 1 is 1.03 bits per heavy atom. The highest BCUT2D eigenvalue weighted by molar-refractivity contribution is 6.37. The van der Waals surface area contributed by atoms with Gasteiger partial charge in [0.05, 0.1) is 16.6 Å². The van der Waals surface area contributed by atoms with Crippen molar-refractivity contribution in [2.24, 2.45) is 0 Å². The van der Waals surface area contributed by atoms with Gasteiger partial charge in [0.15, 0.2) is 0 Å². The molecule has 1 saturated heterocycles. The number of carbonyl (C=O) groups is 1. The maximum atomic E-state index is 13.3. The van der Waals surface area contributed by atoms with Crippen molar-refractivity contribution in [3.8, 4) is 5.75 Å². The molecule has 0 spiro atoms. The van der Waals surface area contributed by atoms with Gasteiger partial charge in [-0.25, -0.2) is 0 Å². The molecule has 1 atom stereocenters. The minimum atomic E-state index is -0.372. The van der Waals surface area contributed by atoms with E-state index in [1.807, 2.05) is 18.2 Å². The molecule has 1 unspecified atom stereocenters. The third-order valence-corrected chi connectivity index (χ3v) is 6.93. The lowest BCUT2D eigenvalue weighted by atomic mass is 9.81. The van der Waals surface area contributed by atoms with Crippen LogP contribution >= 0.6 is 23.2 Å². The van der Waals surface area contributed by atoms with Crippen molar-refractivity contribution >= 4 is 29.1 Å². The molecule has 0 bridgehead atoms. The number of amides is 1. The minimum absolute atomic E-state index is 0.0755. The molecule has 1 heterocycles. The Morgan fingerprint density at radius 2 is 1.69 bits per heavy atom. The Kier molecular flexibility index (Phi) is 6.05. The second-order valence-corrected chi connectivity index (χ2v) is 8.95. The van der Waals surface area contributed by atoms with E-state index in [2.05, 4.69) is 22.3 Å². The molecule has 2 aliphatic rings. The van der Waals surface area contributed by atoms with Crippen LogP contribution in [0.2, 0.25) is 10.0 Å².